The molecule has 1 aliphatic rings. The van der Waals surface area contributed by atoms with Crippen LogP contribution in [-0.2, 0) is 6.54 Å². The predicted molar refractivity (Wildman–Crippen MR) is 59.3 cm³/mol. The maximum atomic E-state index is 9.04. The highest BCUT2D eigenvalue weighted by Crippen LogP contribution is 2.17. The Hall–Kier alpha value is -0.930. The summed E-state index contributed by atoms with van der Waals surface area (Å²) in [6.07, 6.45) is 5.98. The van der Waals surface area contributed by atoms with Crippen LogP contribution in [0.3, 0.4) is 0 Å². The van der Waals surface area contributed by atoms with Crippen LogP contribution in [0.25, 0.3) is 0 Å². The van der Waals surface area contributed by atoms with Crippen LogP contribution in [0.4, 0.5) is 0 Å². The first-order valence-electron chi connectivity index (χ1n) is 5.60. The zero-order valence-electron chi connectivity index (χ0n) is 8.97. The van der Waals surface area contributed by atoms with E-state index < -0.39 is 0 Å². The van der Waals surface area contributed by atoms with E-state index in [-0.39, 0.29) is 0 Å². The molecule has 0 radical (unpaired) electrons. The zero-order valence-corrected chi connectivity index (χ0v) is 8.97. The number of hydrogen-bond donors (Lipinski definition) is 1. The van der Waals surface area contributed by atoms with Gasteiger partial charge < -0.3 is 5.11 Å². The van der Waals surface area contributed by atoms with Crippen molar-refractivity contribution in [1.29, 1.82) is 0 Å². The van der Waals surface area contributed by atoms with Crippen molar-refractivity contribution in [2.75, 3.05) is 19.7 Å². The Balaban J connectivity index is 1.82. The van der Waals surface area contributed by atoms with E-state index in [1.807, 2.05) is 18.5 Å². The van der Waals surface area contributed by atoms with Crippen LogP contribution in [-0.4, -0.2) is 34.7 Å². The zero-order chi connectivity index (χ0) is 10.5. The molecule has 1 aromatic rings. The van der Waals surface area contributed by atoms with Crippen molar-refractivity contribution in [2.45, 2.75) is 19.4 Å². The van der Waals surface area contributed by atoms with Crippen LogP contribution in [0, 0.1) is 5.92 Å². The molecule has 0 aliphatic carbocycles. The number of aromatic nitrogens is 1. The van der Waals surface area contributed by atoms with Crippen LogP contribution < -0.4 is 0 Å². The van der Waals surface area contributed by atoms with Gasteiger partial charge in [0.25, 0.3) is 0 Å². The molecule has 3 nitrogen and oxygen atoms in total. The number of hydrogen-bond acceptors (Lipinski definition) is 3. The Bertz CT molecular complexity index is 281. The van der Waals surface area contributed by atoms with E-state index in [1.54, 1.807) is 0 Å². The average molecular weight is 206 g/mol. The van der Waals surface area contributed by atoms with Crippen molar-refractivity contribution in [3.8, 4) is 0 Å². The number of aliphatic hydroxyl groups excluding tert-OH is 1. The Labute approximate surface area is 90.8 Å². The molecule has 2 rings (SSSR count). The quantitative estimate of drug-likeness (QED) is 0.809. The van der Waals surface area contributed by atoms with Gasteiger partial charge in [-0.2, -0.15) is 0 Å². The SMILES string of the molecule is OCC1CCN(Cc2cccnc2)CC1. The van der Waals surface area contributed by atoms with Crippen molar-refractivity contribution in [3.63, 3.8) is 0 Å². The Kier molecular flexibility index (Phi) is 3.69. The topological polar surface area (TPSA) is 36.4 Å². The highest BCUT2D eigenvalue weighted by atomic mass is 16.3. The lowest BCUT2D eigenvalue weighted by Gasteiger charge is -2.30. The third-order valence-electron chi connectivity index (χ3n) is 3.09. The van der Waals surface area contributed by atoms with Crippen molar-refractivity contribution >= 4 is 0 Å². The Morgan fingerprint density at radius 1 is 1.40 bits per heavy atom. The molecule has 0 aromatic carbocycles. The van der Waals surface area contributed by atoms with Gasteiger partial charge in [-0.3, -0.25) is 9.88 Å². The maximum absolute atomic E-state index is 9.04. The third-order valence-corrected chi connectivity index (χ3v) is 3.09. The summed E-state index contributed by atoms with van der Waals surface area (Å²) in [5.41, 5.74) is 1.28. The molecule has 0 atom stereocenters. The molecule has 1 aromatic heterocycles. The molecule has 0 saturated carbocycles. The highest BCUT2D eigenvalue weighted by Gasteiger charge is 2.18. The van der Waals surface area contributed by atoms with Crippen LogP contribution in [0.15, 0.2) is 24.5 Å². The van der Waals surface area contributed by atoms with E-state index in [9.17, 15) is 0 Å². The molecule has 1 N–H and O–H groups in total. The van der Waals surface area contributed by atoms with E-state index >= 15 is 0 Å². The third kappa shape index (κ3) is 3.01. The summed E-state index contributed by atoms with van der Waals surface area (Å²) >= 11 is 0. The summed E-state index contributed by atoms with van der Waals surface area (Å²) in [6, 6.07) is 4.10. The number of aliphatic hydroxyl groups is 1. The lowest BCUT2D eigenvalue weighted by molar-refractivity contribution is 0.127. The van der Waals surface area contributed by atoms with E-state index in [0.29, 0.717) is 12.5 Å². The molecule has 1 aliphatic heterocycles. The first-order chi connectivity index (χ1) is 7.38. The molecular formula is C12H18N2O. The number of rotatable bonds is 3. The summed E-state index contributed by atoms with van der Waals surface area (Å²) < 4.78 is 0. The van der Waals surface area contributed by atoms with Gasteiger partial charge in [0.05, 0.1) is 0 Å². The molecule has 3 heteroatoms. The van der Waals surface area contributed by atoms with Gasteiger partial charge in [-0.1, -0.05) is 6.07 Å². The standard InChI is InChI=1S/C12H18N2O/c15-10-11-3-6-14(7-4-11)9-12-2-1-5-13-8-12/h1-2,5,8,11,15H,3-4,6-7,9-10H2. The minimum Gasteiger partial charge on any atom is -0.396 e. The van der Waals surface area contributed by atoms with Gasteiger partial charge in [0.15, 0.2) is 0 Å². The van der Waals surface area contributed by atoms with Gasteiger partial charge in [-0.25, -0.2) is 0 Å². The number of nitrogens with zero attached hydrogens (tertiary/aromatic N) is 2. The van der Waals surface area contributed by atoms with Gasteiger partial charge in [-0.15, -0.1) is 0 Å². The van der Waals surface area contributed by atoms with Crippen molar-refractivity contribution in [3.05, 3.63) is 30.1 Å². The van der Waals surface area contributed by atoms with Crippen molar-refractivity contribution in [2.24, 2.45) is 5.92 Å². The number of likely N-dealkylation sites (tertiary alicyclic amines) is 1. The first-order valence-corrected chi connectivity index (χ1v) is 5.60. The summed E-state index contributed by atoms with van der Waals surface area (Å²) in [6.45, 7) is 3.53. The van der Waals surface area contributed by atoms with Gasteiger partial charge in [-0.05, 0) is 43.5 Å². The van der Waals surface area contributed by atoms with Crippen molar-refractivity contribution in [1.82, 2.24) is 9.88 Å². The minimum absolute atomic E-state index is 0.348. The average Bonchev–Trinajstić information content (AvgIpc) is 2.31. The second-order valence-corrected chi connectivity index (χ2v) is 4.26. The molecule has 82 valence electrons. The molecule has 0 spiro atoms. The molecule has 1 saturated heterocycles. The normalized spacial score (nSPS) is 19.3. The van der Waals surface area contributed by atoms with Gasteiger partial charge in [0, 0.05) is 25.5 Å². The largest absolute Gasteiger partial charge is 0.396 e. The molecule has 2 heterocycles. The van der Waals surface area contributed by atoms with E-state index in [4.69, 9.17) is 5.11 Å². The van der Waals surface area contributed by atoms with E-state index in [0.717, 1.165) is 32.5 Å². The second-order valence-electron chi connectivity index (χ2n) is 4.26. The fraction of sp³-hybridized carbons (Fsp3) is 0.583. The Morgan fingerprint density at radius 2 is 2.20 bits per heavy atom. The van der Waals surface area contributed by atoms with Crippen molar-refractivity contribution < 1.29 is 5.11 Å². The van der Waals surface area contributed by atoms with Crippen LogP contribution >= 0.6 is 0 Å². The monoisotopic (exact) mass is 206 g/mol. The van der Waals surface area contributed by atoms with Gasteiger partial charge >= 0.3 is 0 Å². The predicted octanol–water partition coefficient (Wildman–Crippen LogP) is 1.29. The summed E-state index contributed by atoms with van der Waals surface area (Å²) in [4.78, 5) is 6.55. The molecule has 0 unspecified atom stereocenters. The molecule has 0 amide bonds. The highest BCUT2D eigenvalue weighted by molar-refractivity contribution is 5.08. The second kappa shape index (κ2) is 5.24. The molecular weight excluding hydrogens is 188 g/mol. The van der Waals surface area contributed by atoms with E-state index in [2.05, 4.69) is 16.0 Å². The summed E-state index contributed by atoms with van der Waals surface area (Å²) in [5, 5.41) is 9.04. The lowest BCUT2D eigenvalue weighted by Crippen LogP contribution is -2.34. The molecule has 1 fully saturated rings. The van der Waals surface area contributed by atoms with Crippen LogP contribution in [0.1, 0.15) is 18.4 Å². The fourth-order valence-corrected chi connectivity index (χ4v) is 2.08. The number of pyridine rings is 1. The fourth-order valence-electron chi connectivity index (χ4n) is 2.08. The number of piperidine rings is 1. The minimum atomic E-state index is 0.348. The summed E-state index contributed by atoms with van der Waals surface area (Å²) in [5.74, 6) is 0.523. The first kappa shape index (κ1) is 10.6. The summed E-state index contributed by atoms with van der Waals surface area (Å²) in [7, 11) is 0. The van der Waals surface area contributed by atoms with E-state index in [1.165, 1.54) is 5.56 Å². The van der Waals surface area contributed by atoms with Crippen LogP contribution in [0.2, 0.25) is 0 Å². The van der Waals surface area contributed by atoms with Gasteiger partial charge in [0.2, 0.25) is 0 Å². The van der Waals surface area contributed by atoms with Gasteiger partial charge in [0.1, 0.15) is 0 Å². The Morgan fingerprint density at radius 3 is 2.80 bits per heavy atom. The molecule has 15 heavy (non-hydrogen) atoms. The lowest BCUT2D eigenvalue weighted by atomic mass is 9.98. The maximum Gasteiger partial charge on any atom is 0.0460 e. The smallest absolute Gasteiger partial charge is 0.0460 e. The molecule has 0 bridgehead atoms. The van der Waals surface area contributed by atoms with Crippen LogP contribution in [0.5, 0.6) is 0 Å².